The maximum absolute atomic E-state index is 12.5. The first-order valence-corrected chi connectivity index (χ1v) is 19.4. The summed E-state index contributed by atoms with van der Waals surface area (Å²) < 4.78 is 24.9. The molecule has 0 spiro atoms. The molecule has 2 aliphatic heterocycles. The molecule has 4 atom stereocenters. The Morgan fingerprint density at radius 3 is 2.27 bits per heavy atom. The van der Waals surface area contributed by atoms with Gasteiger partial charge in [0.15, 0.2) is 17.8 Å². The normalized spacial score (nSPS) is 19.7. The van der Waals surface area contributed by atoms with Crippen LogP contribution in [-0.2, 0) is 45.2 Å². The van der Waals surface area contributed by atoms with Crippen LogP contribution in [-0.4, -0.2) is 61.8 Å². The molecule has 10 nitrogen and oxygen atoms in total. The molecule has 0 saturated carbocycles. The second kappa shape index (κ2) is 19.2. The molecule has 4 aromatic rings. The second-order valence-corrected chi connectivity index (χ2v) is 14.7. The monoisotopic (exact) mass is 749 g/mol. The molecule has 292 valence electrons. The molecule has 10 heteroatoms. The Balaban J connectivity index is 1.15. The summed E-state index contributed by atoms with van der Waals surface area (Å²) in [5.41, 5.74) is 8.47. The largest absolute Gasteiger partial charge is 0.493 e. The van der Waals surface area contributed by atoms with E-state index in [-0.39, 0.29) is 36.5 Å². The number of amides is 2. The quantitative estimate of drug-likeness (QED) is 0.105. The highest BCUT2D eigenvalue weighted by Gasteiger charge is 2.39. The molecule has 0 aromatic heterocycles. The first-order chi connectivity index (χ1) is 26.7. The van der Waals surface area contributed by atoms with Gasteiger partial charge in [0, 0.05) is 57.5 Å². The Bertz CT molecular complexity index is 1900. The second-order valence-electron chi connectivity index (χ2n) is 14.7. The van der Waals surface area contributed by atoms with Gasteiger partial charge in [-0.2, -0.15) is 0 Å². The predicted octanol–water partition coefficient (Wildman–Crippen LogP) is 7.03. The number of aliphatic hydroxyl groups is 1. The molecule has 2 amide bonds. The minimum atomic E-state index is -0.592. The van der Waals surface area contributed by atoms with Gasteiger partial charge in [-0.3, -0.25) is 14.5 Å². The van der Waals surface area contributed by atoms with Crippen LogP contribution in [0.4, 0.5) is 0 Å². The molecule has 4 aromatic carbocycles. The number of carbonyl (C=O) groups is 2. The van der Waals surface area contributed by atoms with E-state index < -0.39 is 6.29 Å². The summed E-state index contributed by atoms with van der Waals surface area (Å²) in [5, 5.41) is 15.5. The number of carbonyl (C=O) groups excluding carboxylic acids is 2. The Morgan fingerprint density at radius 2 is 1.55 bits per heavy atom. The van der Waals surface area contributed by atoms with E-state index in [0.29, 0.717) is 19.5 Å². The zero-order valence-corrected chi connectivity index (χ0v) is 32.5. The number of fused-ring (bicyclic) bond motifs is 1. The number of unbranched alkanes of at least 4 members (excludes halogenated alkanes) is 2. The zero-order chi connectivity index (χ0) is 38.7. The van der Waals surface area contributed by atoms with E-state index in [4.69, 9.17) is 18.9 Å². The minimum Gasteiger partial charge on any atom is -0.493 e. The molecule has 1 fully saturated rings. The van der Waals surface area contributed by atoms with Crippen molar-refractivity contribution < 1.29 is 33.6 Å². The summed E-state index contributed by atoms with van der Waals surface area (Å²) in [7, 11) is 3.35. The van der Waals surface area contributed by atoms with Crippen LogP contribution in [0.25, 0.3) is 11.1 Å². The van der Waals surface area contributed by atoms with Gasteiger partial charge in [-0.1, -0.05) is 74.0 Å². The van der Waals surface area contributed by atoms with Crippen LogP contribution in [0.15, 0.2) is 84.9 Å². The fraction of sp³-hybridized carbons (Fsp3) is 0.422. The van der Waals surface area contributed by atoms with Gasteiger partial charge in [-0.25, -0.2) is 0 Å². The highest BCUT2D eigenvalue weighted by molar-refractivity contribution is 5.76. The summed E-state index contributed by atoms with van der Waals surface area (Å²) in [6.45, 7) is 7.23. The van der Waals surface area contributed by atoms with Gasteiger partial charge >= 0.3 is 0 Å². The fourth-order valence-corrected chi connectivity index (χ4v) is 7.55. The number of hydrogen-bond donors (Lipinski definition) is 3. The Hall–Kier alpha value is -4.74. The summed E-state index contributed by atoms with van der Waals surface area (Å²) in [6.07, 6.45) is 2.99. The Labute approximate surface area is 325 Å². The molecule has 0 radical (unpaired) electrons. The number of hydrogen-bond acceptors (Lipinski definition) is 8. The summed E-state index contributed by atoms with van der Waals surface area (Å²) in [5.74, 6) is 1.55. The average Bonchev–Trinajstić information content (AvgIpc) is 3.21. The number of nitrogens with zero attached hydrogens (tertiary/aromatic N) is 1. The fourth-order valence-electron chi connectivity index (χ4n) is 7.55. The van der Waals surface area contributed by atoms with Gasteiger partial charge in [0.1, 0.15) is 0 Å². The molecule has 55 heavy (non-hydrogen) atoms. The van der Waals surface area contributed by atoms with E-state index in [1.807, 2.05) is 30.3 Å². The lowest BCUT2D eigenvalue weighted by Crippen LogP contribution is -2.45. The molecule has 2 heterocycles. The number of nitrogens with one attached hydrogen (secondary N) is 2. The highest BCUT2D eigenvalue weighted by Crippen LogP contribution is 2.43. The van der Waals surface area contributed by atoms with Gasteiger partial charge in [-0.15, -0.1) is 0 Å². The third-order valence-electron chi connectivity index (χ3n) is 10.7. The van der Waals surface area contributed by atoms with E-state index in [1.54, 1.807) is 14.2 Å². The van der Waals surface area contributed by atoms with Crippen LogP contribution < -0.4 is 20.1 Å². The van der Waals surface area contributed by atoms with E-state index in [1.165, 1.54) is 18.1 Å². The van der Waals surface area contributed by atoms with Crippen LogP contribution in [0.3, 0.4) is 0 Å². The number of benzene rings is 4. The van der Waals surface area contributed by atoms with Gasteiger partial charge in [0.25, 0.3) is 0 Å². The van der Waals surface area contributed by atoms with Crippen molar-refractivity contribution in [1.82, 2.24) is 15.5 Å². The van der Waals surface area contributed by atoms with Gasteiger partial charge < -0.3 is 34.7 Å². The van der Waals surface area contributed by atoms with Crippen LogP contribution >= 0.6 is 0 Å². The third kappa shape index (κ3) is 10.5. The van der Waals surface area contributed by atoms with Crippen molar-refractivity contribution in [2.75, 3.05) is 33.9 Å². The van der Waals surface area contributed by atoms with E-state index in [2.05, 4.69) is 77.1 Å². The van der Waals surface area contributed by atoms with Crippen LogP contribution in [0.2, 0.25) is 0 Å². The molecular formula is C45H55N3O7. The van der Waals surface area contributed by atoms with Crippen LogP contribution in [0.5, 0.6) is 11.5 Å². The van der Waals surface area contributed by atoms with Crippen molar-refractivity contribution in [3.8, 4) is 22.6 Å². The van der Waals surface area contributed by atoms with E-state index >= 15 is 0 Å². The zero-order valence-electron chi connectivity index (χ0n) is 32.5. The van der Waals surface area contributed by atoms with Crippen molar-refractivity contribution in [3.63, 3.8) is 0 Å². The molecular weight excluding hydrogens is 695 g/mol. The van der Waals surface area contributed by atoms with Gasteiger partial charge in [0.05, 0.1) is 33.0 Å². The molecule has 2 aliphatic rings. The summed E-state index contributed by atoms with van der Waals surface area (Å²) in [6, 6.07) is 28.8. The molecule has 3 N–H and O–H groups in total. The number of rotatable bonds is 16. The van der Waals surface area contributed by atoms with Crippen molar-refractivity contribution in [2.45, 2.75) is 84.1 Å². The van der Waals surface area contributed by atoms with Gasteiger partial charge in [-0.05, 0) is 82.5 Å². The van der Waals surface area contributed by atoms with Crippen LogP contribution in [0, 0.1) is 5.92 Å². The number of methoxy groups -OCH3 is 2. The molecule has 0 unspecified atom stereocenters. The van der Waals surface area contributed by atoms with Gasteiger partial charge in [0.2, 0.25) is 11.8 Å². The number of ether oxygens (including phenoxy) is 4. The summed E-state index contributed by atoms with van der Waals surface area (Å²) >= 11 is 0. The van der Waals surface area contributed by atoms with Crippen molar-refractivity contribution >= 4 is 11.8 Å². The lowest BCUT2D eigenvalue weighted by Gasteiger charge is -2.43. The first kappa shape index (κ1) is 39.9. The van der Waals surface area contributed by atoms with E-state index in [9.17, 15) is 14.7 Å². The highest BCUT2D eigenvalue weighted by atomic mass is 16.7. The molecule has 1 saturated heterocycles. The van der Waals surface area contributed by atoms with Crippen molar-refractivity contribution in [3.05, 3.63) is 118 Å². The van der Waals surface area contributed by atoms with Crippen molar-refractivity contribution in [2.24, 2.45) is 5.92 Å². The lowest BCUT2D eigenvalue weighted by atomic mass is 9.89. The maximum atomic E-state index is 12.5. The smallest absolute Gasteiger partial charge is 0.220 e. The molecule has 0 aliphatic carbocycles. The minimum absolute atomic E-state index is 0.00863. The predicted molar refractivity (Wildman–Crippen MR) is 212 cm³/mol. The maximum Gasteiger partial charge on any atom is 0.220 e. The topological polar surface area (TPSA) is 119 Å². The van der Waals surface area contributed by atoms with Crippen molar-refractivity contribution in [1.29, 1.82) is 0 Å². The van der Waals surface area contributed by atoms with E-state index in [0.717, 1.165) is 90.2 Å². The Kier molecular flexibility index (Phi) is 14.0. The molecule has 0 bridgehead atoms. The summed E-state index contributed by atoms with van der Waals surface area (Å²) in [4.78, 5) is 26.0. The first-order valence-electron chi connectivity index (χ1n) is 19.4. The standard InChI is InChI=1S/C45H55N3O7/c1-30-42(28-48-21-19-37-24-40(52-3)41(53-4)25-39(37)27-48)54-45(55-44(30)34-17-15-32(29-49)16-18-34)38-13-9-12-36(23-38)35-11-8-10-33(22-35)26-47-43(51)14-6-5-7-20-46-31(2)50/h8-13,15-18,22-25,30,42,44-45,49H,5-7,14,19-21,26-29H2,1-4H3,(H,46,50)(H,47,51)/t30-,42+,44+,45+/m0/s1. The Morgan fingerprint density at radius 1 is 0.818 bits per heavy atom. The average molecular weight is 750 g/mol. The van der Waals surface area contributed by atoms with Crippen LogP contribution in [0.1, 0.15) is 85.3 Å². The number of aliphatic hydroxyl groups excluding tert-OH is 1. The molecule has 6 rings (SSSR count). The SMILES string of the molecule is COc1cc2c(cc1OC)CN(C[C@H]1O[C@@H](c3cccc(-c4cccc(CNC(=O)CCCCCNC(C)=O)c4)c3)O[C@@H](c3ccc(CO)cc3)[C@H]1C)CC2. The lowest BCUT2D eigenvalue weighted by molar-refractivity contribution is -0.276. The third-order valence-corrected chi connectivity index (χ3v) is 10.7.